The third-order valence-electron chi connectivity index (χ3n) is 4.66. The summed E-state index contributed by atoms with van der Waals surface area (Å²) >= 11 is 0. The molecule has 0 fully saturated rings. The molecule has 1 atom stereocenters. The minimum Gasteiger partial charge on any atom is -0.444 e. The van der Waals surface area contributed by atoms with E-state index in [0.717, 1.165) is 29.7 Å². The number of anilines is 1. The van der Waals surface area contributed by atoms with Crippen LogP contribution >= 0.6 is 0 Å². The number of aryl methyl sites for hydroxylation is 1. The van der Waals surface area contributed by atoms with E-state index in [0.29, 0.717) is 6.42 Å². The predicted molar refractivity (Wildman–Crippen MR) is 112 cm³/mol. The number of hydrogen-bond acceptors (Lipinski definition) is 4. The maximum atomic E-state index is 12.3. The molecule has 2 amide bonds. The second-order valence-corrected chi connectivity index (χ2v) is 8.22. The van der Waals surface area contributed by atoms with Gasteiger partial charge in [0, 0.05) is 11.7 Å². The van der Waals surface area contributed by atoms with Crippen molar-refractivity contribution >= 4 is 17.9 Å². The first-order chi connectivity index (χ1) is 13.8. The molecule has 0 aromatic heterocycles. The van der Waals surface area contributed by atoms with Crippen LogP contribution in [0.1, 0.15) is 43.9 Å². The summed E-state index contributed by atoms with van der Waals surface area (Å²) in [7, 11) is 0. The Hall–Kier alpha value is -3.02. The molecule has 0 bridgehead atoms. The quantitative estimate of drug-likeness (QED) is 0.777. The zero-order valence-electron chi connectivity index (χ0n) is 17.2. The van der Waals surface area contributed by atoms with E-state index in [-0.39, 0.29) is 12.6 Å². The van der Waals surface area contributed by atoms with Gasteiger partial charge in [-0.3, -0.25) is 5.32 Å². The van der Waals surface area contributed by atoms with E-state index in [1.165, 1.54) is 5.56 Å². The van der Waals surface area contributed by atoms with E-state index in [9.17, 15) is 9.59 Å². The molecule has 0 radical (unpaired) electrons. The number of carbonyl (C=O) groups excluding carboxylic acids is 2. The number of hydrogen-bond donors (Lipinski definition) is 2. The SMILES string of the molecule is CC(C)(C)OC(=O)NC1CCc2cccc(NC(=O)OCc3ccccc3)c2C1. The van der Waals surface area contributed by atoms with Crippen molar-refractivity contribution < 1.29 is 19.1 Å². The van der Waals surface area contributed by atoms with E-state index in [4.69, 9.17) is 9.47 Å². The molecule has 154 valence electrons. The van der Waals surface area contributed by atoms with Gasteiger partial charge in [0.25, 0.3) is 0 Å². The number of benzene rings is 2. The predicted octanol–water partition coefficient (Wildman–Crippen LogP) is 4.82. The summed E-state index contributed by atoms with van der Waals surface area (Å²) < 4.78 is 10.7. The normalized spacial score (nSPS) is 15.8. The van der Waals surface area contributed by atoms with Crippen molar-refractivity contribution in [3.8, 4) is 0 Å². The van der Waals surface area contributed by atoms with E-state index in [1.807, 2.05) is 63.2 Å². The van der Waals surface area contributed by atoms with Crippen LogP contribution in [-0.4, -0.2) is 23.8 Å². The number of nitrogens with one attached hydrogen (secondary N) is 2. The van der Waals surface area contributed by atoms with E-state index >= 15 is 0 Å². The largest absolute Gasteiger partial charge is 0.444 e. The Kier molecular flexibility index (Phi) is 6.42. The third-order valence-corrected chi connectivity index (χ3v) is 4.66. The lowest BCUT2D eigenvalue weighted by Crippen LogP contribution is -2.42. The number of rotatable bonds is 4. The number of ether oxygens (including phenoxy) is 2. The number of carbonyl (C=O) groups is 2. The minimum atomic E-state index is -0.536. The van der Waals surface area contributed by atoms with Crippen molar-refractivity contribution in [1.82, 2.24) is 5.32 Å². The van der Waals surface area contributed by atoms with Gasteiger partial charge in [-0.25, -0.2) is 9.59 Å². The first kappa shape index (κ1) is 20.7. The average molecular weight is 396 g/mol. The van der Waals surface area contributed by atoms with Gasteiger partial charge in [-0.05, 0) is 62.8 Å². The summed E-state index contributed by atoms with van der Waals surface area (Å²) in [5.41, 5.74) is 3.31. The highest BCUT2D eigenvalue weighted by Gasteiger charge is 2.25. The van der Waals surface area contributed by atoms with E-state index in [1.54, 1.807) is 0 Å². The molecule has 0 heterocycles. The van der Waals surface area contributed by atoms with Gasteiger partial charge < -0.3 is 14.8 Å². The Morgan fingerprint density at radius 3 is 2.52 bits per heavy atom. The third kappa shape index (κ3) is 6.24. The summed E-state index contributed by atoms with van der Waals surface area (Å²) in [6, 6.07) is 15.3. The summed E-state index contributed by atoms with van der Waals surface area (Å²) in [4.78, 5) is 24.4. The van der Waals surface area contributed by atoms with Gasteiger partial charge >= 0.3 is 12.2 Å². The number of amides is 2. The molecule has 0 spiro atoms. The molecule has 3 rings (SSSR count). The standard InChI is InChI=1S/C23H28N2O4/c1-23(2,3)29-22(27)24-18-13-12-17-10-7-11-20(19(17)14-18)25-21(26)28-15-16-8-5-4-6-9-16/h4-11,18H,12-15H2,1-3H3,(H,24,27)(H,25,26). The monoisotopic (exact) mass is 396 g/mol. The Balaban J connectivity index is 1.61. The Labute approximate surface area is 171 Å². The van der Waals surface area contributed by atoms with Crippen LogP contribution in [0.15, 0.2) is 48.5 Å². The fourth-order valence-electron chi connectivity index (χ4n) is 3.37. The van der Waals surface area contributed by atoms with Crippen LogP contribution < -0.4 is 10.6 Å². The molecule has 6 heteroatoms. The lowest BCUT2D eigenvalue weighted by Gasteiger charge is -2.28. The van der Waals surface area contributed by atoms with Gasteiger partial charge in [0.2, 0.25) is 0 Å². The second kappa shape index (κ2) is 8.99. The van der Waals surface area contributed by atoms with Crippen molar-refractivity contribution in [2.45, 2.75) is 58.3 Å². The molecular weight excluding hydrogens is 368 g/mol. The maximum absolute atomic E-state index is 12.3. The molecule has 0 aliphatic heterocycles. The van der Waals surface area contributed by atoms with E-state index in [2.05, 4.69) is 16.7 Å². The van der Waals surface area contributed by atoms with Crippen LogP contribution in [0.5, 0.6) is 0 Å². The molecular formula is C23H28N2O4. The zero-order chi connectivity index (χ0) is 20.9. The van der Waals surface area contributed by atoms with Gasteiger partial charge in [0.1, 0.15) is 12.2 Å². The zero-order valence-corrected chi connectivity index (χ0v) is 17.2. The first-order valence-electron chi connectivity index (χ1n) is 9.88. The summed E-state index contributed by atoms with van der Waals surface area (Å²) in [5.74, 6) is 0. The molecule has 1 aliphatic rings. The smallest absolute Gasteiger partial charge is 0.411 e. The molecule has 0 saturated carbocycles. The lowest BCUT2D eigenvalue weighted by atomic mass is 9.87. The van der Waals surface area contributed by atoms with Crippen LogP contribution in [-0.2, 0) is 28.9 Å². The topological polar surface area (TPSA) is 76.7 Å². The van der Waals surface area contributed by atoms with Crippen LogP contribution in [0.25, 0.3) is 0 Å². The first-order valence-corrected chi connectivity index (χ1v) is 9.88. The summed E-state index contributed by atoms with van der Waals surface area (Å²) in [6.45, 7) is 5.73. The summed E-state index contributed by atoms with van der Waals surface area (Å²) in [6.07, 6.45) is 1.37. The Bertz CT molecular complexity index is 859. The maximum Gasteiger partial charge on any atom is 0.411 e. The molecule has 1 unspecified atom stereocenters. The highest BCUT2D eigenvalue weighted by molar-refractivity contribution is 5.86. The van der Waals surface area contributed by atoms with Crippen LogP contribution in [0.3, 0.4) is 0 Å². The van der Waals surface area contributed by atoms with E-state index < -0.39 is 17.8 Å². The van der Waals surface area contributed by atoms with Gasteiger partial charge in [0.05, 0.1) is 0 Å². The highest BCUT2D eigenvalue weighted by Crippen LogP contribution is 2.28. The van der Waals surface area contributed by atoms with Gasteiger partial charge in [-0.1, -0.05) is 42.5 Å². The summed E-state index contributed by atoms with van der Waals surface area (Å²) in [5, 5.41) is 5.79. The van der Waals surface area contributed by atoms with Crippen molar-refractivity contribution in [2.75, 3.05) is 5.32 Å². The molecule has 2 aromatic rings. The molecule has 29 heavy (non-hydrogen) atoms. The molecule has 1 aliphatic carbocycles. The van der Waals surface area contributed by atoms with Crippen LogP contribution in [0, 0.1) is 0 Å². The molecule has 0 saturated heterocycles. The Morgan fingerprint density at radius 1 is 1.03 bits per heavy atom. The molecule has 6 nitrogen and oxygen atoms in total. The second-order valence-electron chi connectivity index (χ2n) is 8.22. The van der Waals surface area contributed by atoms with Gasteiger partial charge in [-0.2, -0.15) is 0 Å². The fraction of sp³-hybridized carbons (Fsp3) is 0.391. The lowest BCUT2D eigenvalue weighted by molar-refractivity contribution is 0.0500. The molecule has 2 aromatic carbocycles. The number of alkyl carbamates (subject to hydrolysis) is 1. The molecule has 2 N–H and O–H groups in total. The highest BCUT2D eigenvalue weighted by atomic mass is 16.6. The van der Waals surface area contributed by atoms with Crippen molar-refractivity contribution in [3.05, 3.63) is 65.2 Å². The number of fused-ring (bicyclic) bond motifs is 1. The van der Waals surface area contributed by atoms with Crippen LogP contribution in [0.2, 0.25) is 0 Å². The van der Waals surface area contributed by atoms with Crippen molar-refractivity contribution in [3.63, 3.8) is 0 Å². The fourth-order valence-corrected chi connectivity index (χ4v) is 3.37. The minimum absolute atomic E-state index is 0.0411. The van der Waals surface area contributed by atoms with Gasteiger partial charge in [0.15, 0.2) is 0 Å². The van der Waals surface area contributed by atoms with Gasteiger partial charge in [-0.15, -0.1) is 0 Å². The van der Waals surface area contributed by atoms with Crippen molar-refractivity contribution in [2.24, 2.45) is 0 Å². The van der Waals surface area contributed by atoms with Crippen molar-refractivity contribution in [1.29, 1.82) is 0 Å². The Morgan fingerprint density at radius 2 is 1.79 bits per heavy atom. The van der Waals surface area contributed by atoms with Crippen LogP contribution in [0.4, 0.5) is 15.3 Å². The average Bonchev–Trinajstić information content (AvgIpc) is 2.66.